The third kappa shape index (κ3) is 5.25. The van der Waals surface area contributed by atoms with E-state index in [-0.39, 0.29) is 4.91 Å². The summed E-state index contributed by atoms with van der Waals surface area (Å²) in [5, 5.41) is 2.14. The molecule has 1 heterocycles. The van der Waals surface area contributed by atoms with E-state index in [0.717, 1.165) is 16.7 Å². The zero-order valence-corrected chi connectivity index (χ0v) is 20.0. The maximum absolute atomic E-state index is 12.8. The summed E-state index contributed by atoms with van der Waals surface area (Å²) in [5.41, 5.74) is 1.09. The fourth-order valence-electron chi connectivity index (χ4n) is 2.95. The minimum atomic E-state index is -0.546. The number of carbonyl (C=O) groups excluding carboxylic acids is 3. The first-order valence-electron chi connectivity index (χ1n) is 9.56. The highest BCUT2D eigenvalue weighted by Crippen LogP contribution is 2.38. The van der Waals surface area contributed by atoms with Crippen LogP contribution in [0.25, 0.3) is 6.08 Å². The lowest BCUT2D eigenvalue weighted by Gasteiger charge is -2.14. The van der Waals surface area contributed by atoms with Crippen LogP contribution in [0, 0.1) is 0 Å². The summed E-state index contributed by atoms with van der Waals surface area (Å²) in [6.45, 7) is 1.92. The molecular weight excluding hydrogens is 500 g/mol. The van der Waals surface area contributed by atoms with Gasteiger partial charge in [-0.1, -0.05) is 28.1 Å². The third-order valence-corrected chi connectivity index (χ3v) is 6.02. The number of halogens is 1. The zero-order valence-electron chi connectivity index (χ0n) is 17.6. The number of hydrogen-bond acceptors (Lipinski definition) is 7. The van der Waals surface area contributed by atoms with Crippen LogP contribution in [0.5, 0.6) is 17.2 Å². The number of ether oxygens (including phenoxy) is 3. The number of imide groups is 1. The van der Waals surface area contributed by atoms with Gasteiger partial charge in [-0.05, 0) is 54.6 Å². The minimum absolute atomic E-state index is 0.201. The van der Waals surface area contributed by atoms with E-state index in [0.29, 0.717) is 39.6 Å². The number of thioether (sulfide) groups is 1. The second-order valence-electron chi connectivity index (χ2n) is 6.47. The van der Waals surface area contributed by atoms with Gasteiger partial charge < -0.3 is 19.5 Å². The third-order valence-electron chi connectivity index (χ3n) is 4.43. The first-order valence-corrected chi connectivity index (χ1v) is 11.2. The van der Waals surface area contributed by atoms with Crippen molar-refractivity contribution in [1.82, 2.24) is 4.90 Å². The van der Waals surface area contributed by atoms with E-state index in [1.54, 1.807) is 42.5 Å². The quantitative estimate of drug-likeness (QED) is 0.510. The highest BCUT2D eigenvalue weighted by molar-refractivity contribution is 9.10. The average Bonchev–Trinajstić information content (AvgIpc) is 3.03. The molecule has 10 heteroatoms. The van der Waals surface area contributed by atoms with Crippen molar-refractivity contribution in [2.24, 2.45) is 0 Å². The molecule has 1 saturated heterocycles. The Labute approximate surface area is 198 Å². The van der Waals surface area contributed by atoms with Gasteiger partial charge in [0.05, 0.1) is 31.4 Å². The Balaban J connectivity index is 1.77. The highest BCUT2D eigenvalue weighted by atomic mass is 79.9. The summed E-state index contributed by atoms with van der Waals surface area (Å²) in [4.78, 5) is 38.8. The molecule has 1 N–H and O–H groups in total. The molecule has 1 fully saturated rings. The molecule has 0 spiro atoms. The first-order chi connectivity index (χ1) is 15.4. The van der Waals surface area contributed by atoms with Gasteiger partial charge in [0.2, 0.25) is 5.91 Å². The van der Waals surface area contributed by atoms with E-state index >= 15 is 0 Å². The van der Waals surface area contributed by atoms with Crippen LogP contribution in [0.3, 0.4) is 0 Å². The van der Waals surface area contributed by atoms with Crippen molar-refractivity contribution in [3.63, 3.8) is 0 Å². The highest BCUT2D eigenvalue weighted by Gasteiger charge is 2.36. The molecule has 8 nitrogen and oxygen atoms in total. The van der Waals surface area contributed by atoms with Crippen molar-refractivity contribution < 1.29 is 28.6 Å². The SMILES string of the molecule is CCOc1cc(Br)c(/C=C2\SC(=O)N(CC(=O)Nc3ccccc3OC)C2=O)cc1OC. The Morgan fingerprint density at radius 3 is 2.53 bits per heavy atom. The lowest BCUT2D eigenvalue weighted by Crippen LogP contribution is -2.36. The summed E-state index contributed by atoms with van der Waals surface area (Å²) in [6.07, 6.45) is 1.57. The molecule has 1 aliphatic heterocycles. The van der Waals surface area contributed by atoms with E-state index in [2.05, 4.69) is 21.2 Å². The molecule has 3 rings (SSSR count). The van der Waals surface area contributed by atoms with Crippen LogP contribution in [0.4, 0.5) is 10.5 Å². The molecule has 2 aromatic rings. The number of anilines is 1. The number of carbonyl (C=O) groups is 3. The van der Waals surface area contributed by atoms with Gasteiger partial charge in [0.1, 0.15) is 12.3 Å². The molecule has 0 aromatic heterocycles. The van der Waals surface area contributed by atoms with Gasteiger partial charge in [-0.3, -0.25) is 19.3 Å². The number of methoxy groups -OCH3 is 2. The molecule has 0 saturated carbocycles. The van der Waals surface area contributed by atoms with E-state index in [9.17, 15) is 14.4 Å². The number of nitrogens with one attached hydrogen (secondary N) is 1. The second-order valence-corrected chi connectivity index (χ2v) is 8.32. The average molecular weight is 521 g/mol. The number of hydrogen-bond donors (Lipinski definition) is 1. The van der Waals surface area contributed by atoms with Crippen LogP contribution >= 0.6 is 27.7 Å². The van der Waals surface area contributed by atoms with Gasteiger partial charge in [-0.15, -0.1) is 0 Å². The van der Waals surface area contributed by atoms with Crippen LogP contribution in [-0.2, 0) is 9.59 Å². The van der Waals surface area contributed by atoms with Gasteiger partial charge in [0.25, 0.3) is 11.1 Å². The number of nitrogens with zero attached hydrogens (tertiary/aromatic N) is 1. The van der Waals surface area contributed by atoms with Gasteiger partial charge >= 0.3 is 0 Å². The summed E-state index contributed by atoms with van der Waals surface area (Å²) in [7, 11) is 3.00. The monoisotopic (exact) mass is 520 g/mol. The minimum Gasteiger partial charge on any atom is -0.495 e. The Hall–Kier alpha value is -2.98. The van der Waals surface area contributed by atoms with Crippen LogP contribution in [0.1, 0.15) is 12.5 Å². The molecule has 0 aliphatic carbocycles. The Morgan fingerprint density at radius 2 is 1.84 bits per heavy atom. The second kappa shape index (κ2) is 10.6. The number of benzene rings is 2. The molecule has 0 bridgehead atoms. The van der Waals surface area contributed by atoms with E-state index in [1.165, 1.54) is 14.2 Å². The lowest BCUT2D eigenvalue weighted by atomic mass is 10.2. The fraction of sp³-hybridized carbons (Fsp3) is 0.227. The van der Waals surface area contributed by atoms with Crippen molar-refractivity contribution in [2.75, 3.05) is 32.7 Å². The van der Waals surface area contributed by atoms with E-state index < -0.39 is 23.6 Å². The molecule has 2 aromatic carbocycles. The normalized spacial score (nSPS) is 14.6. The van der Waals surface area contributed by atoms with Crippen molar-refractivity contribution in [2.45, 2.75) is 6.92 Å². The van der Waals surface area contributed by atoms with Gasteiger partial charge in [-0.2, -0.15) is 0 Å². The summed E-state index contributed by atoms with van der Waals surface area (Å²) < 4.78 is 16.7. The summed E-state index contributed by atoms with van der Waals surface area (Å²) in [5.74, 6) is 0.470. The van der Waals surface area contributed by atoms with Crippen LogP contribution in [0.2, 0.25) is 0 Å². The molecule has 0 radical (unpaired) electrons. The van der Waals surface area contributed by atoms with Crippen molar-refractivity contribution in [3.8, 4) is 17.2 Å². The molecule has 0 unspecified atom stereocenters. The number of amides is 3. The summed E-state index contributed by atoms with van der Waals surface area (Å²) in [6, 6.07) is 10.3. The Morgan fingerprint density at radius 1 is 1.12 bits per heavy atom. The standard InChI is InChI=1S/C22H21BrN2O6S/c1-4-31-18-11-14(23)13(9-17(18)30-3)10-19-21(27)25(22(28)32-19)12-20(26)24-15-7-5-6-8-16(15)29-2/h5-11H,4,12H2,1-3H3,(H,24,26)/b19-10-. The molecule has 32 heavy (non-hydrogen) atoms. The summed E-state index contributed by atoms with van der Waals surface area (Å²) >= 11 is 4.22. The predicted octanol–water partition coefficient (Wildman–Crippen LogP) is 4.54. The fourth-order valence-corrected chi connectivity index (χ4v) is 4.21. The first kappa shape index (κ1) is 23.7. The van der Waals surface area contributed by atoms with E-state index in [4.69, 9.17) is 14.2 Å². The Kier molecular flexibility index (Phi) is 7.81. The molecule has 1 aliphatic rings. The Bertz CT molecular complexity index is 1090. The van der Waals surface area contributed by atoms with E-state index in [1.807, 2.05) is 6.92 Å². The van der Waals surface area contributed by atoms with Gasteiger partial charge in [0.15, 0.2) is 11.5 Å². The maximum atomic E-state index is 12.8. The molecule has 3 amide bonds. The maximum Gasteiger partial charge on any atom is 0.294 e. The van der Waals surface area contributed by atoms with Gasteiger partial charge in [0, 0.05) is 4.47 Å². The molecule has 168 valence electrons. The zero-order chi connectivity index (χ0) is 23.3. The smallest absolute Gasteiger partial charge is 0.294 e. The molecular formula is C22H21BrN2O6S. The predicted molar refractivity (Wildman–Crippen MR) is 126 cm³/mol. The van der Waals surface area contributed by atoms with Crippen molar-refractivity contribution >= 4 is 56.5 Å². The number of rotatable bonds is 8. The van der Waals surface area contributed by atoms with Crippen LogP contribution < -0.4 is 19.5 Å². The largest absolute Gasteiger partial charge is 0.495 e. The van der Waals surface area contributed by atoms with Crippen molar-refractivity contribution in [1.29, 1.82) is 0 Å². The van der Waals surface area contributed by atoms with Gasteiger partial charge in [-0.25, -0.2) is 0 Å². The topological polar surface area (TPSA) is 94.2 Å². The van der Waals surface area contributed by atoms with Crippen LogP contribution in [-0.4, -0.2) is 49.3 Å². The lowest BCUT2D eigenvalue weighted by molar-refractivity contribution is -0.127. The number of para-hydroxylation sites is 2. The molecule has 0 atom stereocenters. The van der Waals surface area contributed by atoms with Crippen LogP contribution in [0.15, 0.2) is 45.8 Å². The van der Waals surface area contributed by atoms with Crippen molar-refractivity contribution in [3.05, 3.63) is 51.3 Å².